The summed E-state index contributed by atoms with van der Waals surface area (Å²) in [5.41, 5.74) is 4.24. The van der Waals surface area contributed by atoms with Gasteiger partial charge in [0.1, 0.15) is 6.61 Å². The van der Waals surface area contributed by atoms with Gasteiger partial charge in [-0.1, -0.05) is 6.07 Å². The van der Waals surface area contributed by atoms with Crippen molar-refractivity contribution in [1.29, 1.82) is 0 Å². The molecule has 0 radical (unpaired) electrons. The summed E-state index contributed by atoms with van der Waals surface area (Å²) in [4.78, 5) is 12.2. The number of rotatable bonds is 4. The fourth-order valence-electron chi connectivity index (χ4n) is 2.49. The lowest BCUT2D eigenvalue weighted by molar-refractivity contribution is 0.0317. The molecule has 1 aromatic carbocycles. The first kappa shape index (κ1) is 14.2. The summed E-state index contributed by atoms with van der Waals surface area (Å²) in [6, 6.07) is 4.06. The first-order valence-corrected chi connectivity index (χ1v) is 7.01. The quantitative estimate of drug-likeness (QED) is 0.847. The Labute approximate surface area is 115 Å². The van der Waals surface area contributed by atoms with E-state index in [-0.39, 0.29) is 18.5 Å². The van der Waals surface area contributed by atoms with Gasteiger partial charge in [0.2, 0.25) is 0 Å². The van der Waals surface area contributed by atoms with Gasteiger partial charge in [-0.05, 0) is 69.5 Å². The van der Waals surface area contributed by atoms with Crippen LogP contribution in [-0.4, -0.2) is 31.6 Å². The van der Waals surface area contributed by atoms with Crippen LogP contribution in [0.3, 0.4) is 0 Å². The van der Waals surface area contributed by atoms with E-state index in [1.807, 2.05) is 19.9 Å². The van der Waals surface area contributed by atoms with Crippen LogP contribution in [0.5, 0.6) is 0 Å². The van der Waals surface area contributed by atoms with E-state index in [2.05, 4.69) is 18.3 Å². The molecule has 0 aliphatic carbocycles. The van der Waals surface area contributed by atoms with Crippen LogP contribution in [0.25, 0.3) is 0 Å². The molecule has 0 atom stereocenters. The van der Waals surface area contributed by atoms with Crippen LogP contribution >= 0.6 is 0 Å². The Hall–Kier alpha value is -1.19. The summed E-state index contributed by atoms with van der Waals surface area (Å²) >= 11 is 0. The number of carbonyl (C=O) groups is 1. The van der Waals surface area contributed by atoms with E-state index in [1.54, 1.807) is 0 Å². The first-order chi connectivity index (χ1) is 9.08. The third-order valence-electron chi connectivity index (χ3n) is 3.88. The predicted octanol–water partition coefficient (Wildman–Crippen LogP) is 2.56. The molecule has 1 aliphatic rings. The minimum absolute atomic E-state index is 0.0964. The highest BCUT2D eigenvalue weighted by atomic mass is 16.5. The van der Waals surface area contributed by atoms with E-state index < -0.39 is 0 Å². The number of ketones is 1. The maximum absolute atomic E-state index is 12.2. The van der Waals surface area contributed by atoms with Gasteiger partial charge in [0.05, 0.1) is 6.10 Å². The molecule has 0 spiro atoms. The van der Waals surface area contributed by atoms with Crippen molar-refractivity contribution in [3.05, 3.63) is 34.4 Å². The van der Waals surface area contributed by atoms with E-state index >= 15 is 0 Å². The van der Waals surface area contributed by atoms with Gasteiger partial charge in [0.15, 0.2) is 5.78 Å². The Kier molecular flexibility index (Phi) is 4.72. The molecule has 0 amide bonds. The van der Waals surface area contributed by atoms with E-state index in [0.717, 1.165) is 42.6 Å². The molecule has 2 rings (SSSR count). The minimum Gasteiger partial charge on any atom is -0.370 e. The van der Waals surface area contributed by atoms with E-state index in [4.69, 9.17) is 4.74 Å². The molecule has 1 aliphatic heterocycles. The Bertz CT molecular complexity index is 462. The number of aryl methyl sites for hydroxylation is 3. The molecule has 1 heterocycles. The zero-order chi connectivity index (χ0) is 13.8. The number of nitrogens with one attached hydrogen (secondary N) is 1. The van der Waals surface area contributed by atoms with Crippen molar-refractivity contribution in [1.82, 2.24) is 5.32 Å². The van der Waals surface area contributed by atoms with Crippen molar-refractivity contribution in [3.8, 4) is 0 Å². The summed E-state index contributed by atoms with van der Waals surface area (Å²) in [7, 11) is 0. The number of Topliss-reactive ketones (excluding diaryl/α,β-unsaturated/α-hetero) is 1. The van der Waals surface area contributed by atoms with Crippen LogP contribution in [0.2, 0.25) is 0 Å². The molecule has 0 aromatic heterocycles. The smallest absolute Gasteiger partial charge is 0.188 e. The van der Waals surface area contributed by atoms with Crippen molar-refractivity contribution in [2.75, 3.05) is 19.7 Å². The number of carbonyl (C=O) groups excluding carboxylic acids is 1. The topological polar surface area (TPSA) is 38.3 Å². The number of piperidine rings is 1. The highest BCUT2D eigenvalue weighted by Gasteiger charge is 2.16. The number of ether oxygens (including phenoxy) is 1. The van der Waals surface area contributed by atoms with Crippen molar-refractivity contribution in [2.24, 2.45) is 0 Å². The summed E-state index contributed by atoms with van der Waals surface area (Å²) in [6.07, 6.45) is 2.23. The lowest BCUT2D eigenvalue weighted by Crippen LogP contribution is -2.33. The van der Waals surface area contributed by atoms with Crippen LogP contribution in [0.1, 0.15) is 39.9 Å². The fourth-order valence-corrected chi connectivity index (χ4v) is 2.49. The molecular weight excluding hydrogens is 238 g/mol. The fraction of sp³-hybridized carbons (Fsp3) is 0.562. The molecule has 3 nitrogen and oxygen atoms in total. The Morgan fingerprint density at radius 2 is 1.79 bits per heavy atom. The van der Waals surface area contributed by atoms with Crippen molar-refractivity contribution < 1.29 is 9.53 Å². The first-order valence-electron chi connectivity index (χ1n) is 7.01. The Morgan fingerprint density at radius 3 is 2.47 bits per heavy atom. The van der Waals surface area contributed by atoms with Crippen molar-refractivity contribution in [3.63, 3.8) is 0 Å². The van der Waals surface area contributed by atoms with E-state index in [9.17, 15) is 4.79 Å². The van der Waals surface area contributed by atoms with Gasteiger partial charge in [-0.3, -0.25) is 4.79 Å². The van der Waals surface area contributed by atoms with Crippen LogP contribution < -0.4 is 5.32 Å². The van der Waals surface area contributed by atoms with Crippen LogP contribution in [-0.2, 0) is 4.74 Å². The van der Waals surface area contributed by atoms with Crippen LogP contribution in [0.4, 0.5) is 0 Å². The van der Waals surface area contributed by atoms with Crippen LogP contribution in [0.15, 0.2) is 12.1 Å². The molecule has 1 aromatic rings. The van der Waals surface area contributed by atoms with E-state index in [1.165, 1.54) is 5.56 Å². The molecular formula is C16H23NO2. The zero-order valence-corrected chi connectivity index (χ0v) is 12.1. The van der Waals surface area contributed by atoms with Crippen molar-refractivity contribution >= 4 is 5.78 Å². The summed E-state index contributed by atoms with van der Waals surface area (Å²) in [5, 5.41) is 3.29. The van der Waals surface area contributed by atoms with Gasteiger partial charge in [-0.2, -0.15) is 0 Å². The van der Waals surface area contributed by atoms with Crippen LogP contribution in [0, 0.1) is 20.8 Å². The number of hydrogen-bond donors (Lipinski definition) is 1. The molecule has 1 saturated heterocycles. The Balaban J connectivity index is 1.97. The normalized spacial score (nSPS) is 16.6. The Morgan fingerprint density at radius 1 is 1.16 bits per heavy atom. The zero-order valence-electron chi connectivity index (χ0n) is 12.1. The number of hydrogen-bond acceptors (Lipinski definition) is 3. The summed E-state index contributed by atoms with van der Waals surface area (Å²) in [6.45, 7) is 8.28. The van der Waals surface area contributed by atoms with Gasteiger partial charge in [-0.15, -0.1) is 0 Å². The maximum Gasteiger partial charge on any atom is 0.188 e. The molecule has 104 valence electrons. The second-order valence-corrected chi connectivity index (χ2v) is 5.43. The summed E-state index contributed by atoms with van der Waals surface area (Å²) < 4.78 is 5.73. The van der Waals surface area contributed by atoms with Gasteiger partial charge >= 0.3 is 0 Å². The van der Waals surface area contributed by atoms with Gasteiger partial charge < -0.3 is 10.1 Å². The largest absolute Gasteiger partial charge is 0.370 e. The third-order valence-corrected chi connectivity index (χ3v) is 3.88. The van der Waals surface area contributed by atoms with Gasteiger partial charge in [0, 0.05) is 5.56 Å². The highest BCUT2D eigenvalue weighted by molar-refractivity contribution is 5.98. The number of benzene rings is 1. The lowest BCUT2D eigenvalue weighted by Gasteiger charge is -2.22. The van der Waals surface area contributed by atoms with Gasteiger partial charge in [-0.25, -0.2) is 0 Å². The average molecular weight is 261 g/mol. The monoisotopic (exact) mass is 261 g/mol. The average Bonchev–Trinajstić information content (AvgIpc) is 2.41. The SMILES string of the molecule is Cc1cc(C)c(C(=O)COC2CCNCC2)cc1C. The highest BCUT2D eigenvalue weighted by Crippen LogP contribution is 2.17. The molecule has 0 saturated carbocycles. The maximum atomic E-state index is 12.2. The molecule has 1 fully saturated rings. The second-order valence-electron chi connectivity index (χ2n) is 5.43. The molecule has 0 unspecified atom stereocenters. The third kappa shape index (κ3) is 3.64. The second kappa shape index (κ2) is 6.31. The van der Waals surface area contributed by atoms with Gasteiger partial charge in [0.25, 0.3) is 0 Å². The molecule has 1 N–H and O–H groups in total. The molecule has 19 heavy (non-hydrogen) atoms. The summed E-state index contributed by atoms with van der Waals surface area (Å²) in [5.74, 6) is 0.0964. The standard InChI is InChI=1S/C16H23NO2/c1-11-8-13(3)15(9-12(11)2)16(18)10-19-14-4-6-17-7-5-14/h8-9,14,17H,4-7,10H2,1-3H3. The van der Waals surface area contributed by atoms with E-state index in [0.29, 0.717) is 0 Å². The van der Waals surface area contributed by atoms with Crippen molar-refractivity contribution in [2.45, 2.75) is 39.7 Å². The molecule has 3 heteroatoms. The molecule has 0 bridgehead atoms. The minimum atomic E-state index is 0.0964. The lowest BCUT2D eigenvalue weighted by atomic mass is 9.98. The predicted molar refractivity (Wildman–Crippen MR) is 76.8 cm³/mol.